The molecular formula is C13H23N3O2. The Morgan fingerprint density at radius 2 is 2.39 bits per heavy atom. The Morgan fingerprint density at radius 3 is 3.00 bits per heavy atom. The maximum atomic E-state index is 12.2. The van der Waals surface area contributed by atoms with Crippen LogP contribution in [0.2, 0.25) is 0 Å². The number of nitrogens with zero attached hydrogens (tertiary/aromatic N) is 3. The smallest absolute Gasteiger partial charge is 0.239 e. The van der Waals surface area contributed by atoms with Gasteiger partial charge in [-0.1, -0.05) is 0 Å². The van der Waals surface area contributed by atoms with E-state index < -0.39 is 0 Å². The molecule has 1 aliphatic rings. The molecule has 1 heterocycles. The third-order valence-electron chi connectivity index (χ3n) is 3.65. The fraction of sp³-hybridized carbons (Fsp3) is 0.846. The number of rotatable bonds is 5. The summed E-state index contributed by atoms with van der Waals surface area (Å²) in [5.74, 6) is 0.349. The minimum atomic E-state index is -0.164. The first-order chi connectivity index (χ1) is 8.60. The van der Waals surface area contributed by atoms with Gasteiger partial charge in [0.15, 0.2) is 0 Å². The number of nitriles is 1. The Kier molecular flexibility index (Phi) is 6.10. The summed E-state index contributed by atoms with van der Waals surface area (Å²) < 4.78 is 0. The zero-order valence-electron chi connectivity index (χ0n) is 11.3. The predicted molar refractivity (Wildman–Crippen MR) is 68.7 cm³/mol. The van der Waals surface area contributed by atoms with Crippen LogP contribution in [0.15, 0.2) is 0 Å². The van der Waals surface area contributed by atoms with Crippen LogP contribution < -0.4 is 0 Å². The van der Waals surface area contributed by atoms with Gasteiger partial charge in [-0.05, 0) is 32.2 Å². The Hall–Kier alpha value is -1.12. The molecule has 5 nitrogen and oxygen atoms in total. The molecule has 0 aromatic carbocycles. The summed E-state index contributed by atoms with van der Waals surface area (Å²) in [6.45, 7) is 4.29. The number of hydrogen-bond acceptors (Lipinski definition) is 4. The Morgan fingerprint density at radius 1 is 1.67 bits per heavy atom. The van der Waals surface area contributed by atoms with Gasteiger partial charge in [0.2, 0.25) is 5.91 Å². The van der Waals surface area contributed by atoms with Crippen LogP contribution in [0.25, 0.3) is 0 Å². The van der Waals surface area contributed by atoms with Crippen LogP contribution in [0.5, 0.6) is 0 Å². The van der Waals surface area contributed by atoms with Crippen molar-refractivity contribution in [3.8, 4) is 6.07 Å². The second kappa shape index (κ2) is 7.34. The topological polar surface area (TPSA) is 67.6 Å². The van der Waals surface area contributed by atoms with Crippen molar-refractivity contribution in [3.63, 3.8) is 0 Å². The van der Waals surface area contributed by atoms with Gasteiger partial charge in [-0.2, -0.15) is 5.26 Å². The quantitative estimate of drug-likeness (QED) is 0.772. The van der Waals surface area contributed by atoms with Gasteiger partial charge in [-0.25, -0.2) is 0 Å². The van der Waals surface area contributed by atoms with Crippen molar-refractivity contribution < 1.29 is 9.90 Å². The van der Waals surface area contributed by atoms with Gasteiger partial charge in [0.05, 0.1) is 18.5 Å². The molecule has 18 heavy (non-hydrogen) atoms. The van der Waals surface area contributed by atoms with E-state index in [9.17, 15) is 9.90 Å². The monoisotopic (exact) mass is 253 g/mol. The van der Waals surface area contributed by atoms with Crippen molar-refractivity contribution in [3.05, 3.63) is 0 Å². The third kappa shape index (κ3) is 3.97. The van der Waals surface area contributed by atoms with E-state index in [0.29, 0.717) is 18.9 Å². The molecule has 1 N–H and O–H groups in total. The number of aliphatic hydroxyl groups excluding tert-OH is 1. The van der Waals surface area contributed by atoms with Crippen molar-refractivity contribution in [2.24, 2.45) is 5.92 Å². The van der Waals surface area contributed by atoms with Gasteiger partial charge in [-0.15, -0.1) is 0 Å². The molecule has 0 aliphatic carbocycles. The summed E-state index contributed by atoms with van der Waals surface area (Å²) in [6, 6.07) is 1.88. The summed E-state index contributed by atoms with van der Waals surface area (Å²) in [4.78, 5) is 15.9. The Bertz CT molecular complexity index is 314. The molecule has 0 spiro atoms. The highest BCUT2D eigenvalue weighted by Crippen LogP contribution is 2.18. The highest BCUT2D eigenvalue weighted by molar-refractivity contribution is 5.81. The van der Waals surface area contributed by atoms with Crippen LogP contribution in [0.1, 0.15) is 26.2 Å². The lowest BCUT2D eigenvalue weighted by Gasteiger charge is -2.36. The first-order valence-corrected chi connectivity index (χ1v) is 6.57. The molecule has 1 aliphatic heterocycles. The van der Waals surface area contributed by atoms with Gasteiger partial charge in [-0.3, -0.25) is 9.69 Å². The number of likely N-dealkylation sites (tertiary alicyclic amines) is 1. The number of likely N-dealkylation sites (N-methyl/N-ethyl adjacent to an activating group) is 1. The lowest BCUT2D eigenvalue weighted by atomic mass is 9.97. The maximum absolute atomic E-state index is 12.2. The van der Waals surface area contributed by atoms with Crippen molar-refractivity contribution in [1.29, 1.82) is 5.26 Å². The van der Waals surface area contributed by atoms with Crippen LogP contribution in [-0.4, -0.2) is 60.1 Å². The fourth-order valence-corrected chi connectivity index (χ4v) is 2.40. The Balaban J connectivity index is 2.49. The second-order valence-electron chi connectivity index (χ2n) is 5.03. The molecule has 0 aromatic rings. The summed E-state index contributed by atoms with van der Waals surface area (Å²) in [6.07, 6.45) is 2.44. The van der Waals surface area contributed by atoms with Gasteiger partial charge in [0, 0.05) is 26.7 Å². The van der Waals surface area contributed by atoms with Gasteiger partial charge >= 0.3 is 0 Å². The van der Waals surface area contributed by atoms with Crippen LogP contribution in [0, 0.1) is 17.2 Å². The molecular weight excluding hydrogens is 230 g/mol. The maximum Gasteiger partial charge on any atom is 0.239 e. The zero-order chi connectivity index (χ0) is 13.5. The SMILES string of the molecule is CC(C(=O)N(C)CCC#N)N1CCCC(CO)C1. The first kappa shape index (κ1) is 14.9. The number of piperidine rings is 1. The van der Waals surface area contributed by atoms with Crippen LogP contribution in [0.3, 0.4) is 0 Å². The van der Waals surface area contributed by atoms with Crippen molar-refractivity contribution in [2.75, 3.05) is 33.3 Å². The minimum absolute atomic E-state index is 0.0591. The summed E-state index contributed by atoms with van der Waals surface area (Å²) in [7, 11) is 1.74. The van der Waals surface area contributed by atoms with E-state index in [4.69, 9.17) is 5.26 Å². The standard InChI is InChI=1S/C13H23N3O2/c1-11(13(18)15(2)7-4-6-14)16-8-3-5-12(9-16)10-17/h11-12,17H,3-5,7-10H2,1-2H3. The number of carbonyl (C=O) groups excluding carboxylic acids is 1. The largest absolute Gasteiger partial charge is 0.396 e. The fourth-order valence-electron chi connectivity index (χ4n) is 2.40. The van der Waals surface area contributed by atoms with Crippen LogP contribution in [-0.2, 0) is 4.79 Å². The molecule has 102 valence electrons. The normalized spacial score (nSPS) is 22.2. The molecule has 2 atom stereocenters. The average Bonchev–Trinajstić information content (AvgIpc) is 2.43. The summed E-state index contributed by atoms with van der Waals surface area (Å²) in [5, 5.41) is 17.7. The van der Waals surface area contributed by atoms with Gasteiger partial charge in [0.25, 0.3) is 0 Å². The molecule has 1 rings (SSSR count). The van der Waals surface area contributed by atoms with Gasteiger partial charge in [0.1, 0.15) is 0 Å². The van der Waals surface area contributed by atoms with E-state index in [-0.39, 0.29) is 18.6 Å². The van der Waals surface area contributed by atoms with E-state index in [1.165, 1.54) is 0 Å². The number of amides is 1. The lowest BCUT2D eigenvalue weighted by Crippen LogP contribution is -2.50. The molecule has 5 heteroatoms. The number of carbonyl (C=O) groups is 1. The number of aliphatic hydroxyl groups is 1. The molecule has 1 amide bonds. The molecule has 1 saturated heterocycles. The second-order valence-corrected chi connectivity index (χ2v) is 5.03. The van der Waals surface area contributed by atoms with Crippen molar-refractivity contribution in [1.82, 2.24) is 9.80 Å². The summed E-state index contributed by atoms with van der Waals surface area (Å²) >= 11 is 0. The van der Waals surface area contributed by atoms with Gasteiger partial charge < -0.3 is 10.0 Å². The molecule has 0 aromatic heterocycles. The van der Waals surface area contributed by atoms with Crippen LogP contribution >= 0.6 is 0 Å². The van der Waals surface area contributed by atoms with E-state index in [1.54, 1.807) is 11.9 Å². The first-order valence-electron chi connectivity index (χ1n) is 6.57. The lowest BCUT2D eigenvalue weighted by molar-refractivity contribution is -0.135. The van der Waals surface area contributed by atoms with Crippen LogP contribution in [0.4, 0.5) is 0 Å². The van der Waals surface area contributed by atoms with E-state index >= 15 is 0 Å². The highest BCUT2D eigenvalue weighted by atomic mass is 16.3. The van der Waals surface area contributed by atoms with Crippen molar-refractivity contribution >= 4 is 5.91 Å². The molecule has 0 radical (unpaired) electrons. The average molecular weight is 253 g/mol. The molecule has 0 bridgehead atoms. The molecule has 2 unspecified atom stereocenters. The molecule has 0 saturated carbocycles. The zero-order valence-corrected chi connectivity index (χ0v) is 11.3. The van der Waals surface area contributed by atoms with Crippen molar-refractivity contribution in [2.45, 2.75) is 32.2 Å². The number of hydrogen-bond donors (Lipinski definition) is 1. The highest BCUT2D eigenvalue weighted by Gasteiger charge is 2.28. The summed E-state index contributed by atoms with van der Waals surface area (Å²) in [5.41, 5.74) is 0. The molecule has 1 fully saturated rings. The minimum Gasteiger partial charge on any atom is -0.396 e. The van der Waals surface area contributed by atoms with E-state index in [2.05, 4.69) is 4.90 Å². The Labute approximate surface area is 109 Å². The predicted octanol–water partition coefficient (Wildman–Crippen LogP) is 0.451. The third-order valence-corrected chi connectivity index (χ3v) is 3.65. The van der Waals surface area contributed by atoms with E-state index in [0.717, 1.165) is 25.9 Å². The van der Waals surface area contributed by atoms with E-state index in [1.807, 2.05) is 13.0 Å².